The van der Waals surface area contributed by atoms with Gasteiger partial charge in [-0.15, -0.1) is 0 Å². The van der Waals surface area contributed by atoms with E-state index in [1.165, 1.54) is 35.2 Å². The molecule has 3 aromatic carbocycles. The second kappa shape index (κ2) is 10.2. The van der Waals surface area contributed by atoms with Crippen molar-refractivity contribution >= 4 is 11.6 Å². The molecule has 0 bridgehead atoms. The summed E-state index contributed by atoms with van der Waals surface area (Å²) in [6.45, 7) is -0.0637. The van der Waals surface area contributed by atoms with E-state index in [-0.39, 0.29) is 18.7 Å². The van der Waals surface area contributed by atoms with Crippen molar-refractivity contribution in [1.82, 2.24) is 4.90 Å². The monoisotopic (exact) mass is 486 g/mol. The SMILES string of the molecule is COc1ccc(C2=NO[C@H](CN(Cc3cccc(C(F)(F)F)c3)C(=O)c3cccc(F)c3)C2)cc1. The average molecular weight is 486 g/mol. The molecule has 1 heterocycles. The molecule has 1 aliphatic rings. The predicted molar refractivity (Wildman–Crippen MR) is 122 cm³/mol. The molecule has 0 unspecified atom stereocenters. The van der Waals surface area contributed by atoms with Gasteiger partial charge in [0.2, 0.25) is 0 Å². The smallest absolute Gasteiger partial charge is 0.416 e. The number of hydrogen-bond acceptors (Lipinski definition) is 4. The van der Waals surface area contributed by atoms with Crippen LogP contribution < -0.4 is 4.74 Å². The van der Waals surface area contributed by atoms with Gasteiger partial charge in [0.05, 0.1) is 24.9 Å². The van der Waals surface area contributed by atoms with E-state index < -0.39 is 29.6 Å². The first-order chi connectivity index (χ1) is 16.7. The number of rotatable bonds is 7. The standard InChI is InChI=1S/C26H22F4N2O3/c1-34-22-10-8-18(9-11-22)24-14-23(35-31-24)16-32(25(33)19-5-3-7-21(27)13-19)15-17-4-2-6-20(12-17)26(28,29)30/h2-13,23H,14-16H2,1H3/t23-/m0/s1. The molecule has 1 amide bonds. The third-order valence-electron chi connectivity index (χ3n) is 5.57. The zero-order valence-corrected chi connectivity index (χ0v) is 18.8. The van der Waals surface area contributed by atoms with Gasteiger partial charge in [-0.25, -0.2) is 4.39 Å². The highest BCUT2D eigenvalue weighted by Crippen LogP contribution is 2.30. The van der Waals surface area contributed by atoms with Gasteiger partial charge in [0.25, 0.3) is 5.91 Å². The minimum absolute atomic E-state index is 0.0503. The number of halogens is 4. The van der Waals surface area contributed by atoms with Gasteiger partial charge in [-0.1, -0.05) is 23.4 Å². The molecule has 0 fully saturated rings. The van der Waals surface area contributed by atoms with Gasteiger partial charge >= 0.3 is 6.18 Å². The Morgan fingerprint density at radius 1 is 1.09 bits per heavy atom. The van der Waals surface area contributed by atoms with E-state index in [9.17, 15) is 22.4 Å². The molecule has 3 aromatic rings. The molecular formula is C26H22F4N2O3. The van der Waals surface area contributed by atoms with Crippen LogP contribution in [0.3, 0.4) is 0 Å². The van der Waals surface area contributed by atoms with Crippen molar-refractivity contribution in [2.45, 2.75) is 25.2 Å². The minimum atomic E-state index is -4.51. The van der Waals surface area contributed by atoms with Gasteiger partial charge in [-0.2, -0.15) is 13.2 Å². The number of nitrogens with zero attached hydrogens (tertiary/aromatic N) is 2. The Labute approximate surface area is 199 Å². The maximum atomic E-state index is 13.8. The quantitative estimate of drug-likeness (QED) is 0.404. The molecule has 5 nitrogen and oxygen atoms in total. The lowest BCUT2D eigenvalue weighted by Gasteiger charge is -2.25. The fourth-order valence-corrected chi connectivity index (χ4v) is 3.82. The zero-order valence-electron chi connectivity index (χ0n) is 18.8. The highest BCUT2D eigenvalue weighted by Gasteiger charge is 2.31. The second-order valence-corrected chi connectivity index (χ2v) is 8.09. The number of alkyl halides is 3. The number of hydrogen-bond donors (Lipinski definition) is 0. The van der Waals surface area contributed by atoms with Crippen LogP contribution in [0.25, 0.3) is 0 Å². The summed E-state index contributed by atoms with van der Waals surface area (Å²) in [7, 11) is 1.57. The molecule has 9 heteroatoms. The summed E-state index contributed by atoms with van der Waals surface area (Å²) in [4.78, 5) is 20.1. The number of benzene rings is 3. The third-order valence-corrected chi connectivity index (χ3v) is 5.57. The van der Waals surface area contributed by atoms with Crippen LogP contribution in [0.1, 0.15) is 33.5 Å². The van der Waals surface area contributed by atoms with E-state index in [0.29, 0.717) is 23.4 Å². The largest absolute Gasteiger partial charge is 0.497 e. The Morgan fingerprint density at radius 2 is 1.83 bits per heavy atom. The molecule has 0 aromatic heterocycles. The lowest BCUT2D eigenvalue weighted by atomic mass is 10.0. The van der Waals surface area contributed by atoms with Gasteiger partial charge in [-0.3, -0.25) is 4.79 Å². The average Bonchev–Trinajstić information content (AvgIpc) is 3.31. The molecule has 35 heavy (non-hydrogen) atoms. The van der Waals surface area contributed by atoms with E-state index in [1.807, 2.05) is 12.1 Å². The van der Waals surface area contributed by atoms with Crippen LogP contribution in [0, 0.1) is 5.82 Å². The van der Waals surface area contributed by atoms with Gasteiger partial charge in [0.15, 0.2) is 6.10 Å². The summed E-state index contributed by atoms with van der Waals surface area (Å²) in [5.74, 6) is -0.418. The van der Waals surface area contributed by atoms with E-state index in [4.69, 9.17) is 9.57 Å². The molecule has 0 saturated heterocycles. The number of methoxy groups -OCH3 is 1. The molecule has 0 aliphatic carbocycles. The van der Waals surface area contributed by atoms with Crippen molar-refractivity contribution < 1.29 is 31.9 Å². The molecular weight excluding hydrogens is 464 g/mol. The van der Waals surface area contributed by atoms with Crippen LogP contribution in [0.5, 0.6) is 5.75 Å². The molecule has 0 saturated carbocycles. The molecule has 0 N–H and O–H groups in total. The summed E-state index contributed by atoms with van der Waals surface area (Å²) < 4.78 is 58.5. The van der Waals surface area contributed by atoms with Crippen LogP contribution in [-0.2, 0) is 17.6 Å². The number of ether oxygens (including phenoxy) is 1. The number of carbonyl (C=O) groups excluding carboxylic acids is 1. The van der Waals surface area contributed by atoms with Gasteiger partial charge in [0.1, 0.15) is 11.6 Å². The summed E-state index contributed by atoms with van der Waals surface area (Å²) in [5, 5.41) is 4.12. The van der Waals surface area contributed by atoms with Crippen LogP contribution >= 0.6 is 0 Å². The second-order valence-electron chi connectivity index (χ2n) is 8.09. The molecule has 1 atom stereocenters. The topological polar surface area (TPSA) is 51.1 Å². The zero-order chi connectivity index (χ0) is 25.0. The van der Waals surface area contributed by atoms with Crippen molar-refractivity contribution in [3.63, 3.8) is 0 Å². The Balaban J connectivity index is 1.53. The Bertz CT molecular complexity index is 1230. The maximum Gasteiger partial charge on any atom is 0.416 e. The minimum Gasteiger partial charge on any atom is -0.497 e. The normalized spacial score (nSPS) is 15.3. The molecule has 0 spiro atoms. The van der Waals surface area contributed by atoms with Crippen LogP contribution in [-0.4, -0.2) is 36.3 Å². The first kappa shape index (κ1) is 24.3. The first-order valence-electron chi connectivity index (χ1n) is 10.8. The fourth-order valence-electron chi connectivity index (χ4n) is 3.82. The number of oxime groups is 1. The maximum absolute atomic E-state index is 13.8. The number of carbonyl (C=O) groups is 1. The molecule has 4 rings (SSSR count). The summed E-state index contributed by atoms with van der Waals surface area (Å²) in [6.07, 6.45) is -4.64. The van der Waals surface area contributed by atoms with E-state index >= 15 is 0 Å². The molecule has 0 radical (unpaired) electrons. The first-order valence-corrected chi connectivity index (χ1v) is 10.8. The van der Waals surface area contributed by atoms with Crippen molar-refractivity contribution in [1.29, 1.82) is 0 Å². The summed E-state index contributed by atoms with van der Waals surface area (Å²) >= 11 is 0. The highest BCUT2D eigenvalue weighted by atomic mass is 19.4. The summed E-state index contributed by atoms with van der Waals surface area (Å²) in [5.41, 5.74) is 1.07. The Hall–Kier alpha value is -3.88. The summed E-state index contributed by atoms with van der Waals surface area (Å²) in [6, 6.07) is 17.2. The van der Waals surface area contributed by atoms with Crippen LogP contribution in [0.2, 0.25) is 0 Å². The molecule has 1 aliphatic heterocycles. The van der Waals surface area contributed by atoms with Gasteiger partial charge < -0.3 is 14.5 Å². The Kier molecular flexibility index (Phi) is 7.04. The van der Waals surface area contributed by atoms with E-state index in [1.54, 1.807) is 19.2 Å². The van der Waals surface area contributed by atoms with Crippen molar-refractivity contribution in [3.8, 4) is 5.75 Å². The van der Waals surface area contributed by atoms with Gasteiger partial charge in [0, 0.05) is 18.5 Å². The molecule has 182 valence electrons. The van der Waals surface area contributed by atoms with Crippen LogP contribution in [0.4, 0.5) is 17.6 Å². The lowest BCUT2D eigenvalue weighted by Crippen LogP contribution is -2.37. The third kappa shape index (κ3) is 5.98. The Morgan fingerprint density at radius 3 is 2.51 bits per heavy atom. The lowest BCUT2D eigenvalue weighted by molar-refractivity contribution is -0.137. The van der Waals surface area contributed by atoms with Gasteiger partial charge in [-0.05, 0) is 65.7 Å². The highest BCUT2D eigenvalue weighted by molar-refractivity contribution is 6.01. The van der Waals surface area contributed by atoms with E-state index in [0.717, 1.165) is 23.8 Å². The van der Waals surface area contributed by atoms with Crippen molar-refractivity contribution in [2.75, 3.05) is 13.7 Å². The van der Waals surface area contributed by atoms with Crippen molar-refractivity contribution in [2.24, 2.45) is 5.16 Å². The fraction of sp³-hybridized carbons (Fsp3) is 0.231. The van der Waals surface area contributed by atoms with Crippen LogP contribution in [0.15, 0.2) is 78.0 Å². The van der Waals surface area contributed by atoms with E-state index in [2.05, 4.69) is 5.16 Å². The number of amides is 1. The predicted octanol–water partition coefficient (Wildman–Crippen LogP) is 5.69. The van der Waals surface area contributed by atoms with Crippen molar-refractivity contribution in [3.05, 3.63) is 101 Å².